The number of halogens is 1. The standard InChI is InChI=1S/C8H5BrN6/c9-6-1-2-7-8(10-4-14(7)3-6)15-5-11-12-13-15/h1-5H. The van der Waals surface area contributed by atoms with Crippen LogP contribution in [0.5, 0.6) is 0 Å². The minimum atomic E-state index is 0.715. The zero-order valence-corrected chi connectivity index (χ0v) is 9.03. The molecule has 3 rings (SSSR count). The highest BCUT2D eigenvalue weighted by Gasteiger charge is 2.06. The molecule has 0 unspecified atom stereocenters. The first kappa shape index (κ1) is 8.54. The number of tetrazole rings is 1. The van der Waals surface area contributed by atoms with E-state index in [1.165, 1.54) is 11.0 Å². The molecule has 7 heteroatoms. The number of nitrogens with zero attached hydrogens (tertiary/aromatic N) is 6. The molecule has 0 spiro atoms. The van der Waals surface area contributed by atoms with E-state index in [4.69, 9.17) is 0 Å². The Bertz CT molecular complexity index is 599. The van der Waals surface area contributed by atoms with Crippen LogP contribution in [-0.4, -0.2) is 29.6 Å². The smallest absolute Gasteiger partial charge is 0.182 e. The molecule has 3 aromatic rings. The summed E-state index contributed by atoms with van der Waals surface area (Å²) in [5, 5.41) is 11.0. The monoisotopic (exact) mass is 264 g/mol. The first-order valence-corrected chi connectivity index (χ1v) is 4.99. The third-order valence-electron chi connectivity index (χ3n) is 2.04. The molecule has 0 aliphatic rings. The molecular formula is C8H5BrN6. The van der Waals surface area contributed by atoms with Gasteiger partial charge in [0.15, 0.2) is 5.82 Å². The Labute approximate surface area is 92.7 Å². The van der Waals surface area contributed by atoms with Crippen molar-refractivity contribution in [2.45, 2.75) is 0 Å². The molecule has 0 N–H and O–H groups in total. The quantitative estimate of drug-likeness (QED) is 0.660. The van der Waals surface area contributed by atoms with Crippen LogP contribution in [0.15, 0.2) is 35.5 Å². The summed E-state index contributed by atoms with van der Waals surface area (Å²) in [6.45, 7) is 0. The van der Waals surface area contributed by atoms with E-state index in [2.05, 4.69) is 36.4 Å². The number of pyridine rings is 1. The predicted octanol–water partition coefficient (Wildman–Crippen LogP) is 1.07. The van der Waals surface area contributed by atoms with Gasteiger partial charge in [-0.25, -0.2) is 4.98 Å². The van der Waals surface area contributed by atoms with Crippen molar-refractivity contribution in [1.82, 2.24) is 29.6 Å². The molecule has 0 atom stereocenters. The van der Waals surface area contributed by atoms with E-state index in [0.29, 0.717) is 5.82 Å². The molecule has 6 nitrogen and oxygen atoms in total. The maximum atomic E-state index is 4.24. The van der Waals surface area contributed by atoms with Crippen molar-refractivity contribution in [3.05, 3.63) is 35.5 Å². The molecule has 3 heterocycles. The molecule has 0 fully saturated rings. The lowest BCUT2D eigenvalue weighted by atomic mass is 10.4. The summed E-state index contributed by atoms with van der Waals surface area (Å²) in [5.41, 5.74) is 0.950. The van der Waals surface area contributed by atoms with Gasteiger partial charge in [-0.15, -0.1) is 5.10 Å². The van der Waals surface area contributed by atoms with Crippen LogP contribution in [0.4, 0.5) is 0 Å². The van der Waals surface area contributed by atoms with Crippen LogP contribution in [0.1, 0.15) is 0 Å². The Balaban J connectivity index is 2.29. The van der Waals surface area contributed by atoms with Gasteiger partial charge in [0.1, 0.15) is 12.7 Å². The van der Waals surface area contributed by atoms with E-state index in [-0.39, 0.29) is 0 Å². The van der Waals surface area contributed by atoms with E-state index >= 15 is 0 Å². The SMILES string of the molecule is Brc1ccc2c(-n3cnnn3)ncn2c1. The van der Waals surface area contributed by atoms with E-state index in [1.54, 1.807) is 6.33 Å². The number of hydrogen-bond donors (Lipinski definition) is 0. The van der Waals surface area contributed by atoms with Crippen molar-refractivity contribution in [1.29, 1.82) is 0 Å². The molecule has 0 bridgehead atoms. The van der Waals surface area contributed by atoms with Crippen molar-refractivity contribution in [2.75, 3.05) is 0 Å². The number of rotatable bonds is 1. The van der Waals surface area contributed by atoms with Crippen LogP contribution in [-0.2, 0) is 0 Å². The van der Waals surface area contributed by atoms with Gasteiger partial charge in [0, 0.05) is 10.7 Å². The van der Waals surface area contributed by atoms with Crippen LogP contribution < -0.4 is 0 Å². The third-order valence-corrected chi connectivity index (χ3v) is 2.51. The molecule has 0 amide bonds. The normalized spacial score (nSPS) is 11.0. The number of hydrogen-bond acceptors (Lipinski definition) is 4. The molecule has 74 valence electrons. The molecule has 0 aliphatic heterocycles. The van der Waals surface area contributed by atoms with E-state index < -0.39 is 0 Å². The lowest BCUT2D eigenvalue weighted by molar-refractivity contribution is 0.779. The van der Waals surface area contributed by atoms with Crippen molar-refractivity contribution < 1.29 is 0 Å². The van der Waals surface area contributed by atoms with Crippen molar-refractivity contribution in [3.8, 4) is 5.82 Å². The molecule has 0 saturated carbocycles. The highest BCUT2D eigenvalue weighted by Crippen LogP contribution is 2.16. The minimum Gasteiger partial charge on any atom is -0.303 e. The van der Waals surface area contributed by atoms with Crippen molar-refractivity contribution in [3.63, 3.8) is 0 Å². The summed E-state index contributed by atoms with van der Waals surface area (Å²) >= 11 is 3.39. The Morgan fingerprint density at radius 3 is 2.93 bits per heavy atom. The van der Waals surface area contributed by atoms with Gasteiger partial charge in [0.05, 0.1) is 5.52 Å². The average molecular weight is 265 g/mol. The summed E-state index contributed by atoms with van der Waals surface area (Å²) in [6, 6.07) is 3.90. The van der Waals surface area contributed by atoms with Gasteiger partial charge < -0.3 is 4.40 Å². The second-order valence-electron chi connectivity index (χ2n) is 2.96. The zero-order chi connectivity index (χ0) is 10.3. The minimum absolute atomic E-state index is 0.715. The van der Waals surface area contributed by atoms with E-state index in [9.17, 15) is 0 Å². The molecule has 0 aromatic carbocycles. The Morgan fingerprint density at radius 2 is 2.13 bits per heavy atom. The summed E-state index contributed by atoms with van der Waals surface area (Å²) in [6.07, 6.45) is 5.16. The van der Waals surface area contributed by atoms with Crippen LogP contribution in [0.2, 0.25) is 0 Å². The molecule has 0 radical (unpaired) electrons. The lowest BCUT2D eigenvalue weighted by Crippen LogP contribution is -1.96. The van der Waals surface area contributed by atoms with Crippen LogP contribution >= 0.6 is 15.9 Å². The number of fused-ring (bicyclic) bond motifs is 1. The third kappa shape index (κ3) is 1.32. The predicted molar refractivity (Wildman–Crippen MR) is 55.6 cm³/mol. The van der Waals surface area contributed by atoms with Crippen LogP contribution in [0, 0.1) is 0 Å². The maximum Gasteiger partial charge on any atom is 0.182 e. The van der Waals surface area contributed by atoms with Gasteiger partial charge in [0.2, 0.25) is 0 Å². The Morgan fingerprint density at radius 1 is 1.20 bits per heavy atom. The van der Waals surface area contributed by atoms with Gasteiger partial charge in [-0.3, -0.25) is 0 Å². The Kier molecular flexibility index (Phi) is 1.78. The summed E-state index contributed by atoms with van der Waals surface area (Å²) in [4.78, 5) is 4.24. The maximum absolute atomic E-state index is 4.24. The van der Waals surface area contributed by atoms with Gasteiger partial charge in [0.25, 0.3) is 0 Å². The number of imidazole rings is 1. The van der Waals surface area contributed by atoms with Crippen molar-refractivity contribution >= 4 is 21.4 Å². The fraction of sp³-hybridized carbons (Fsp3) is 0. The lowest BCUT2D eigenvalue weighted by Gasteiger charge is -1.96. The first-order chi connectivity index (χ1) is 7.34. The van der Waals surface area contributed by atoms with E-state index in [0.717, 1.165) is 9.99 Å². The largest absolute Gasteiger partial charge is 0.303 e. The molecule has 15 heavy (non-hydrogen) atoms. The fourth-order valence-corrected chi connectivity index (χ4v) is 1.75. The molecule has 3 aromatic heterocycles. The number of aromatic nitrogens is 6. The van der Waals surface area contributed by atoms with Gasteiger partial charge in [-0.05, 0) is 38.5 Å². The highest BCUT2D eigenvalue weighted by molar-refractivity contribution is 9.10. The fourth-order valence-electron chi connectivity index (χ4n) is 1.39. The molecular weight excluding hydrogens is 260 g/mol. The topological polar surface area (TPSA) is 60.9 Å². The first-order valence-electron chi connectivity index (χ1n) is 4.20. The van der Waals surface area contributed by atoms with Crippen LogP contribution in [0.3, 0.4) is 0 Å². The van der Waals surface area contributed by atoms with Gasteiger partial charge in [-0.2, -0.15) is 4.68 Å². The molecule has 0 saturated heterocycles. The second-order valence-corrected chi connectivity index (χ2v) is 3.88. The summed E-state index contributed by atoms with van der Waals surface area (Å²) in [5.74, 6) is 0.715. The highest BCUT2D eigenvalue weighted by atomic mass is 79.9. The molecule has 0 aliphatic carbocycles. The summed E-state index contributed by atoms with van der Waals surface area (Å²) in [7, 11) is 0. The Hall–Kier alpha value is -1.76. The van der Waals surface area contributed by atoms with Gasteiger partial charge >= 0.3 is 0 Å². The van der Waals surface area contributed by atoms with E-state index in [1.807, 2.05) is 22.7 Å². The average Bonchev–Trinajstić information content (AvgIpc) is 2.82. The second kappa shape index (κ2) is 3.13. The van der Waals surface area contributed by atoms with Gasteiger partial charge in [-0.1, -0.05) is 0 Å². The summed E-state index contributed by atoms with van der Waals surface area (Å²) < 4.78 is 4.43. The zero-order valence-electron chi connectivity index (χ0n) is 7.45. The van der Waals surface area contributed by atoms with Crippen molar-refractivity contribution in [2.24, 2.45) is 0 Å². The van der Waals surface area contributed by atoms with Crippen LogP contribution in [0.25, 0.3) is 11.3 Å².